The summed E-state index contributed by atoms with van der Waals surface area (Å²) in [7, 11) is 0. The van der Waals surface area contributed by atoms with E-state index in [4.69, 9.17) is 5.73 Å². The van der Waals surface area contributed by atoms with E-state index in [0.717, 1.165) is 51.1 Å². The number of nitrogens with zero attached hydrogens (tertiary/aromatic N) is 2. The highest BCUT2D eigenvalue weighted by molar-refractivity contribution is 5.78. The second-order valence-electron chi connectivity index (χ2n) is 5.89. The van der Waals surface area contributed by atoms with E-state index < -0.39 is 0 Å². The van der Waals surface area contributed by atoms with Crippen molar-refractivity contribution in [3.05, 3.63) is 29.3 Å². The molecule has 0 saturated carbocycles. The van der Waals surface area contributed by atoms with Crippen molar-refractivity contribution in [2.75, 3.05) is 31.9 Å². The number of nitrogen functional groups attached to an aromatic ring is 1. The minimum atomic E-state index is 0.280. The average Bonchev–Trinajstić information content (AvgIpc) is 2.49. The number of likely N-dealkylation sites (tertiary alicyclic amines) is 1. The number of piperidine rings is 1. The van der Waals surface area contributed by atoms with Crippen molar-refractivity contribution in [1.29, 1.82) is 0 Å². The molecular formula is C16H23N3O. The van der Waals surface area contributed by atoms with Crippen LogP contribution in [0.4, 0.5) is 5.69 Å². The lowest BCUT2D eigenvalue weighted by atomic mass is 9.98. The Labute approximate surface area is 120 Å². The van der Waals surface area contributed by atoms with E-state index in [1.807, 2.05) is 17.0 Å². The molecule has 0 unspecified atom stereocenters. The first kappa shape index (κ1) is 13.4. The van der Waals surface area contributed by atoms with Crippen LogP contribution in [0.25, 0.3) is 0 Å². The number of amides is 1. The summed E-state index contributed by atoms with van der Waals surface area (Å²) in [5.41, 5.74) is 9.47. The molecule has 1 aromatic rings. The molecule has 3 rings (SSSR count). The zero-order valence-electron chi connectivity index (χ0n) is 12.0. The number of fused-ring (bicyclic) bond motifs is 1. The second-order valence-corrected chi connectivity index (χ2v) is 5.89. The van der Waals surface area contributed by atoms with E-state index in [-0.39, 0.29) is 5.91 Å². The van der Waals surface area contributed by atoms with Crippen molar-refractivity contribution in [1.82, 2.24) is 9.80 Å². The van der Waals surface area contributed by atoms with Gasteiger partial charge in [-0.05, 0) is 42.9 Å². The van der Waals surface area contributed by atoms with Crippen molar-refractivity contribution in [3.63, 3.8) is 0 Å². The molecule has 0 aromatic heterocycles. The van der Waals surface area contributed by atoms with Crippen molar-refractivity contribution < 1.29 is 4.79 Å². The van der Waals surface area contributed by atoms with Gasteiger partial charge in [-0.2, -0.15) is 0 Å². The fourth-order valence-corrected chi connectivity index (χ4v) is 3.23. The highest BCUT2D eigenvalue weighted by atomic mass is 16.2. The zero-order valence-corrected chi connectivity index (χ0v) is 12.0. The Balaban J connectivity index is 1.62. The molecule has 1 fully saturated rings. The van der Waals surface area contributed by atoms with Gasteiger partial charge in [-0.25, -0.2) is 0 Å². The van der Waals surface area contributed by atoms with Crippen LogP contribution in [0.15, 0.2) is 18.2 Å². The number of benzene rings is 1. The van der Waals surface area contributed by atoms with Gasteiger partial charge in [0.2, 0.25) is 5.91 Å². The van der Waals surface area contributed by atoms with Crippen LogP contribution in [0, 0.1) is 0 Å². The minimum Gasteiger partial charge on any atom is -0.398 e. The SMILES string of the molecule is Nc1cccc2c1CN(CC(=O)N1CCCCC1)CC2. The molecule has 108 valence electrons. The molecule has 2 N–H and O–H groups in total. The second kappa shape index (κ2) is 5.83. The van der Waals surface area contributed by atoms with Gasteiger partial charge in [0.05, 0.1) is 6.54 Å². The van der Waals surface area contributed by atoms with E-state index in [0.29, 0.717) is 6.54 Å². The predicted molar refractivity (Wildman–Crippen MR) is 80.3 cm³/mol. The molecule has 0 aliphatic carbocycles. The highest BCUT2D eigenvalue weighted by Gasteiger charge is 2.23. The van der Waals surface area contributed by atoms with Gasteiger partial charge in [-0.3, -0.25) is 9.69 Å². The summed E-state index contributed by atoms with van der Waals surface area (Å²) in [4.78, 5) is 16.6. The fraction of sp³-hybridized carbons (Fsp3) is 0.562. The highest BCUT2D eigenvalue weighted by Crippen LogP contribution is 2.24. The Kier molecular flexibility index (Phi) is 3.92. The first-order chi connectivity index (χ1) is 9.74. The van der Waals surface area contributed by atoms with Crippen LogP contribution in [0.5, 0.6) is 0 Å². The van der Waals surface area contributed by atoms with E-state index in [1.165, 1.54) is 17.5 Å². The van der Waals surface area contributed by atoms with Crippen LogP contribution >= 0.6 is 0 Å². The van der Waals surface area contributed by atoms with Gasteiger partial charge >= 0.3 is 0 Å². The smallest absolute Gasteiger partial charge is 0.236 e. The summed E-state index contributed by atoms with van der Waals surface area (Å²) in [6.07, 6.45) is 4.56. The standard InChI is InChI=1S/C16H23N3O/c17-15-6-4-5-13-7-10-18(11-14(13)15)12-16(20)19-8-2-1-3-9-19/h4-6H,1-3,7-12,17H2. The van der Waals surface area contributed by atoms with Gasteiger partial charge in [0.25, 0.3) is 0 Å². The molecule has 1 aromatic carbocycles. The monoisotopic (exact) mass is 273 g/mol. The normalized spacial score (nSPS) is 19.7. The van der Waals surface area contributed by atoms with Crippen molar-refractivity contribution in [3.8, 4) is 0 Å². The summed E-state index contributed by atoms with van der Waals surface area (Å²) < 4.78 is 0. The van der Waals surface area contributed by atoms with Gasteiger partial charge in [0.15, 0.2) is 0 Å². The maximum Gasteiger partial charge on any atom is 0.236 e. The largest absolute Gasteiger partial charge is 0.398 e. The molecule has 0 radical (unpaired) electrons. The van der Waals surface area contributed by atoms with Crippen molar-refractivity contribution in [2.24, 2.45) is 0 Å². The molecule has 0 spiro atoms. The Morgan fingerprint density at radius 3 is 2.75 bits per heavy atom. The molecule has 1 amide bonds. The number of carbonyl (C=O) groups is 1. The average molecular weight is 273 g/mol. The van der Waals surface area contributed by atoms with E-state index in [2.05, 4.69) is 11.0 Å². The predicted octanol–water partition coefficient (Wildman–Crippen LogP) is 1.64. The summed E-state index contributed by atoms with van der Waals surface area (Å²) in [5, 5.41) is 0. The molecular weight excluding hydrogens is 250 g/mol. The molecule has 1 saturated heterocycles. The zero-order chi connectivity index (χ0) is 13.9. The number of hydrogen-bond donors (Lipinski definition) is 1. The molecule has 2 aliphatic heterocycles. The maximum atomic E-state index is 12.3. The maximum absolute atomic E-state index is 12.3. The molecule has 0 atom stereocenters. The topological polar surface area (TPSA) is 49.6 Å². The molecule has 2 aliphatic rings. The van der Waals surface area contributed by atoms with E-state index in [9.17, 15) is 4.79 Å². The van der Waals surface area contributed by atoms with Gasteiger partial charge in [-0.1, -0.05) is 12.1 Å². The van der Waals surface area contributed by atoms with Crippen LogP contribution in [0.1, 0.15) is 30.4 Å². The number of rotatable bonds is 2. The van der Waals surface area contributed by atoms with Crippen molar-refractivity contribution >= 4 is 11.6 Å². The Morgan fingerprint density at radius 1 is 1.15 bits per heavy atom. The Hall–Kier alpha value is -1.55. The van der Waals surface area contributed by atoms with Gasteiger partial charge in [-0.15, -0.1) is 0 Å². The van der Waals surface area contributed by atoms with Gasteiger partial charge in [0, 0.05) is 31.9 Å². The molecule has 20 heavy (non-hydrogen) atoms. The van der Waals surface area contributed by atoms with Gasteiger partial charge < -0.3 is 10.6 Å². The fourth-order valence-electron chi connectivity index (χ4n) is 3.23. The lowest BCUT2D eigenvalue weighted by Gasteiger charge is -2.32. The number of anilines is 1. The van der Waals surface area contributed by atoms with Crippen LogP contribution in [0.3, 0.4) is 0 Å². The lowest BCUT2D eigenvalue weighted by molar-refractivity contribution is -0.133. The third-order valence-electron chi connectivity index (χ3n) is 4.46. The lowest BCUT2D eigenvalue weighted by Crippen LogP contribution is -2.44. The summed E-state index contributed by atoms with van der Waals surface area (Å²) in [6, 6.07) is 6.12. The quantitative estimate of drug-likeness (QED) is 0.833. The van der Waals surface area contributed by atoms with Crippen LogP contribution in [-0.2, 0) is 17.8 Å². The van der Waals surface area contributed by atoms with Gasteiger partial charge in [0.1, 0.15) is 0 Å². The Bertz CT molecular complexity index is 494. The van der Waals surface area contributed by atoms with Crippen LogP contribution in [0.2, 0.25) is 0 Å². The first-order valence-corrected chi connectivity index (χ1v) is 7.60. The van der Waals surface area contributed by atoms with E-state index in [1.54, 1.807) is 0 Å². The van der Waals surface area contributed by atoms with Crippen molar-refractivity contribution in [2.45, 2.75) is 32.2 Å². The molecule has 4 heteroatoms. The Morgan fingerprint density at radius 2 is 1.95 bits per heavy atom. The molecule has 4 nitrogen and oxygen atoms in total. The first-order valence-electron chi connectivity index (χ1n) is 7.60. The third-order valence-corrected chi connectivity index (χ3v) is 4.46. The minimum absolute atomic E-state index is 0.280. The number of nitrogens with two attached hydrogens (primary N) is 1. The van der Waals surface area contributed by atoms with E-state index >= 15 is 0 Å². The number of carbonyl (C=O) groups excluding carboxylic acids is 1. The van der Waals surface area contributed by atoms with Crippen LogP contribution < -0.4 is 5.73 Å². The third kappa shape index (κ3) is 2.80. The molecule has 2 heterocycles. The summed E-state index contributed by atoms with van der Waals surface area (Å²) in [6.45, 7) is 4.17. The molecule has 0 bridgehead atoms. The van der Waals surface area contributed by atoms with Crippen LogP contribution in [-0.4, -0.2) is 41.9 Å². The summed E-state index contributed by atoms with van der Waals surface area (Å²) >= 11 is 0. The number of hydrogen-bond acceptors (Lipinski definition) is 3. The summed E-state index contributed by atoms with van der Waals surface area (Å²) in [5.74, 6) is 0.280.